The lowest BCUT2D eigenvalue weighted by molar-refractivity contribution is 0.0955. The molecule has 7 heteroatoms. The topological polar surface area (TPSA) is 84.6 Å². The van der Waals surface area contributed by atoms with Crippen molar-refractivity contribution in [1.29, 1.82) is 0 Å². The molecule has 3 N–H and O–H groups in total. The molecule has 34 heavy (non-hydrogen) atoms. The van der Waals surface area contributed by atoms with Crippen LogP contribution in [0.4, 0.5) is 11.4 Å². The van der Waals surface area contributed by atoms with Gasteiger partial charge in [0.15, 0.2) is 11.5 Å². The van der Waals surface area contributed by atoms with Crippen LogP contribution in [0.3, 0.4) is 0 Å². The van der Waals surface area contributed by atoms with E-state index in [1.807, 2.05) is 61.7 Å². The van der Waals surface area contributed by atoms with Crippen molar-refractivity contribution < 1.29 is 19.0 Å². The molecule has 1 heterocycles. The van der Waals surface area contributed by atoms with Crippen molar-refractivity contribution in [2.45, 2.75) is 13.3 Å². The van der Waals surface area contributed by atoms with Crippen molar-refractivity contribution in [2.24, 2.45) is 0 Å². The number of nitrogens with one attached hydrogen (secondary N) is 3. The fraction of sp³-hybridized carbons (Fsp3) is 0.222. The number of aryl methyl sites for hydroxylation is 1. The van der Waals surface area contributed by atoms with Gasteiger partial charge >= 0.3 is 0 Å². The number of amides is 1. The summed E-state index contributed by atoms with van der Waals surface area (Å²) in [7, 11) is 4.70. The molecule has 0 bridgehead atoms. The van der Waals surface area contributed by atoms with Crippen LogP contribution in [-0.2, 0) is 6.42 Å². The highest BCUT2D eigenvalue weighted by Crippen LogP contribution is 2.41. The van der Waals surface area contributed by atoms with E-state index < -0.39 is 0 Å². The molecule has 0 aliphatic heterocycles. The number of para-hydroxylation sites is 1. The maximum atomic E-state index is 13.1. The number of fused-ring (bicyclic) bond motifs is 1. The number of rotatable bonds is 9. The maximum absolute atomic E-state index is 13.1. The van der Waals surface area contributed by atoms with Crippen molar-refractivity contribution in [3.05, 3.63) is 77.5 Å². The lowest BCUT2D eigenvalue weighted by Crippen LogP contribution is -2.26. The van der Waals surface area contributed by atoms with E-state index in [-0.39, 0.29) is 5.91 Å². The number of hydrogen-bond donors (Lipinski definition) is 3. The second kappa shape index (κ2) is 10.2. The number of benzene rings is 3. The Balaban J connectivity index is 1.52. The molecule has 0 saturated carbocycles. The Morgan fingerprint density at radius 2 is 1.68 bits per heavy atom. The summed E-state index contributed by atoms with van der Waals surface area (Å²) >= 11 is 0. The Bertz CT molecular complexity index is 1290. The third kappa shape index (κ3) is 4.78. The number of anilines is 2. The summed E-state index contributed by atoms with van der Waals surface area (Å²) in [4.78, 5) is 16.4. The minimum Gasteiger partial charge on any atom is -0.493 e. The third-order valence-corrected chi connectivity index (χ3v) is 5.72. The number of methoxy groups -OCH3 is 3. The van der Waals surface area contributed by atoms with E-state index in [9.17, 15) is 4.79 Å². The summed E-state index contributed by atoms with van der Waals surface area (Å²) in [6, 6.07) is 17.5. The molecular weight excluding hydrogens is 430 g/mol. The zero-order valence-corrected chi connectivity index (χ0v) is 19.8. The van der Waals surface area contributed by atoms with Crippen molar-refractivity contribution in [2.75, 3.05) is 33.2 Å². The fourth-order valence-corrected chi connectivity index (χ4v) is 4.01. The number of H-pyrrole nitrogens is 1. The highest BCUT2D eigenvalue weighted by molar-refractivity contribution is 6.00. The van der Waals surface area contributed by atoms with Gasteiger partial charge in [0, 0.05) is 41.5 Å². The van der Waals surface area contributed by atoms with E-state index in [0.717, 1.165) is 17.5 Å². The smallest absolute Gasteiger partial charge is 0.253 e. The molecule has 1 aromatic heterocycles. The fourth-order valence-electron chi connectivity index (χ4n) is 4.01. The van der Waals surface area contributed by atoms with Crippen molar-refractivity contribution in [3.8, 4) is 17.2 Å². The van der Waals surface area contributed by atoms with Crippen LogP contribution in [-0.4, -0.2) is 38.8 Å². The van der Waals surface area contributed by atoms with Crippen molar-refractivity contribution in [3.63, 3.8) is 0 Å². The number of carbonyl (C=O) groups excluding carboxylic acids is 1. The van der Waals surface area contributed by atoms with Gasteiger partial charge in [-0.3, -0.25) is 4.79 Å². The van der Waals surface area contributed by atoms with Crippen molar-refractivity contribution in [1.82, 2.24) is 10.3 Å². The summed E-state index contributed by atoms with van der Waals surface area (Å²) in [5.74, 6) is 1.42. The summed E-state index contributed by atoms with van der Waals surface area (Å²) in [5.41, 5.74) is 5.27. The summed E-state index contributed by atoms with van der Waals surface area (Å²) < 4.78 is 16.3. The first-order valence-electron chi connectivity index (χ1n) is 11.0. The minimum atomic E-state index is -0.144. The number of carbonyl (C=O) groups is 1. The molecular formula is C27H29N3O4. The van der Waals surface area contributed by atoms with Crippen LogP contribution >= 0.6 is 0 Å². The predicted octanol–water partition coefficient (Wildman–Crippen LogP) is 5.22. The SMILES string of the molecule is COc1cc(Nc2cc(C)ccc2C(=O)NCCc2c[nH]c3ccccc23)cc(OC)c1OC. The Morgan fingerprint density at radius 1 is 0.941 bits per heavy atom. The normalized spacial score (nSPS) is 10.7. The average Bonchev–Trinajstić information content (AvgIpc) is 3.26. The van der Waals surface area contributed by atoms with Gasteiger partial charge in [-0.1, -0.05) is 24.3 Å². The van der Waals surface area contributed by atoms with E-state index in [1.54, 1.807) is 21.3 Å². The zero-order chi connectivity index (χ0) is 24.1. The second-order valence-electron chi connectivity index (χ2n) is 7.95. The maximum Gasteiger partial charge on any atom is 0.253 e. The van der Waals surface area contributed by atoms with Crippen LogP contribution in [0.25, 0.3) is 10.9 Å². The standard InChI is InChI=1S/C27H29N3O4/c1-17-9-10-21(27(31)28-12-11-18-16-29-22-8-6-5-7-20(18)22)23(13-17)30-19-14-24(32-2)26(34-4)25(15-19)33-3/h5-10,13-16,29-30H,11-12H2,1-4H3,(H,28,31). The van der Waals surface area contributed by atoms with Gasteiger partial charge in [0.1, 0.15) is 0 Å². The van der Waals surface area contributed by atoms with E-state index in [4.69, 9.17) is 14.2 Å². The third-order valence-electron chi connectivity index (χ3n) is 5.72. The van der Waals surface area contributed by atoms with Crippen LogP contribution in [0.5, 0.6) is 17.2 Å². The molecule has 0 aliphatic carbocycles. The van der Waals surface area contributed by atoms with Gasteiger partial charge < -0.3 is 29.8 Å². The Kier molecular flexibility index (Phi) is 6.92. The summed E-state index contributed by atoms with van der Waals surface area (Å²) in [5, 5.41) is 7.57. The van der Waals surface area contributed by atoms with E-state index in [2.05, 4.69) is 21.7 Å². The average molecular weight is 460 g/mol. The summed E-state index contributed by atoms with van der Waals surface area (Å²) in [6.45, 7) is 2.51. The number of aromatic nitrogens is 1. The molecule has 7 nitrogen and oxygen atoms in total. The Labute approximate surface area is 199 Å². The molecule has 1 amide bonds. The molecule has 0 radical (unpaired) electrons. The molecule has 0 saturated heterocycles. The Morgan fingerprint density at radius 3 is 2.38 bits per heavy atom. The number of hydrogen-bond acceptors (Lipinski definition) is 5. The predicted molar refractivity (Wildman–Crippen MR) is 135 cm³/mol. The molecule has 0 fully saturated rings. The lowest BCUT2D eigenvalue weighted by Gasteiger charge is -2.17. The lowest BCUT2D eigenvalue weighted by atomic mass is 10.1. The molecule has 0 atom stereocenters. The highest BCUT2D eigenvalue weighted by atomic mass is 16.5. The number of ether oxygens (including phenoxy) is 3. The molecule has 0 unspecified atom stereocenters. The van der Waals surface area contributed by atoms with Gasteiger partial charge in [0.2, 0.25) is 5.75 Å². The first-order chi connectivity index (χ1) is 16.5. The zero-order valence-electron chi connectivity index (χ0n) is 19.8. The molecule has 176 valence electrons. The van der Waals surface area contributed by atoms with Crippen LogP contribution < -0.4 is 24.8 Å². The summed E-state index contributed by atoms with van der Waals surface area (Å²) in [6.07, 6.45) is 2.73. The first-order valence-corrected chi connectivity index (χ1v) is 11.0. The minimum absolute atomic E-state index is 0.144. The molecule has 4 rings (SSSR count). The quantitative estimate of drug-likeness (QED) is 0.320. The first kappa shape index (κ1) is 23.0. The van der Waals surface area contributed by atoms with Crippen LogP contribution in [0, 0.1) is 6.92 Å². The highest BCUT2D eigenvalue weighted by Gasteiger charge is 2.16. The largest absolute Gasteiger partial charge is 0.493 e. The molecule has 4 aromatic rings. The number of aromatic amines is 1. The van der Waals surface area contributed by atoms with E-state index in [0.29, 0.717) is 40.7 Å². The van der Waals surface area contributed by atoms with Gasteiger partial charge in [0.25, 0.3) is 5.91 Å². The van der Waals surface area contributed by atoms with Gasteiger partial charge in [-0.25, -0.2) is 0 Å². The monoisotopic (exact) mass is 459 g/mol. The van der Waals surface area contributed by atoms with Crippen LogP contribution in [0.1, 0.15) is 21.5 Å². The molecule has 3 aromatic carbocycles. The second-order valence-corrected chi connectivity index (χ2v) is 7.95. The van der Waals surface area contributed by atoms with Gasteiger partial charge in [-0.2, -0.15) is 0 Å². The van der Waals surface area contributed by atoms with Gasteiger partial charge in [-0.05, 0) is 42.7 Å². The van der Waals surface area contributed by atoms with Crippen LogP contribution in [0.15, 0.2) is 60.8 Å². The molecule has 0 aliphatic rings. The van der Waals surface area contributed by atoms with Crippen molar-refractivity contribution >= 4 is 28.2 Å². The van der Waals surface area contributed by atoms with E-state index >= 15 is 0 Å². The van der Waals surface area contributed by atoms with E-state index in [1.165, 1.54) is 10.9 Å². The van der Waals surface area contributed by atoms with Crippen LogP contribution in [0.2, 0.25) is 0 Å². The molecule has 0 spiro atoms. The van der Waals surface area contributed by atoms with Gasteiger partial charge in [0.05, 0.1) is 32.6 Å². The Hall–Kier alpha value is -4.13. The van der Waals surface area contributed by atoms with Gasteiger partial charge in [-0.15, -0.1) is 0 Å².